The van der Waals surface area contributed by atoms with Gasteiger partial charge in [-0.2, -0.15) is 0 Å². The first-order chi connectivity index (χ1) is 9.33. The zero-order chi connectivity index (χ0) is 13.1. The molecule has 3 nitrogen and oxygen atoms in total. The number of benzene rings is 2. The first-order valence-corrected chi connectivity index (χ1v) is 6.07. The largest absolute Gasteiger partial charge is 0.506 e. The van der Waals surface area contributed by atoms with Gasteiger partial charge in [-0.25, -0.2) is 0 Å². The molecule has 0 saturated heterocycles. The fourth-order valence-electron chi connectivity index (χ4n) is 1.93. The van der Waals surface area contributed by atoms with Gasteiger partial charge in [0.1, 0.15) is 23.8 Å². The lowest BCUT2D eigenvalue weighted by molar-refractivity contribution is 0.353. The van der Waals surface area contributed by atoms with Gasteiger partial charge in [0.25, 0.3) is 0 Å². The van der Waals surface area contributed by atoms with Gasteiger partial charge in [-0.3, -0.25) is 4.99 Å². The molecule has 1 N–H and O–H groups in total. The fraction of sp³-hybridized carbons (Fsp3) is 0.0625. The van der Waals surface area contributed by atoms with E-state index in [1.165, 1.54) is 0 Å². The highest BCUT2D eigenvalue weighted by molar-refractivity contribution is 5.89. The molecule has 2 aromatic rings. The lowest BCUT2D eigenvalue weighted by atomic mass is 10.1. The molecule has 0 saturated carbocycles. The summed E-state index contributed by atoms with van der Waals surface area (Å²) in [6, 6.07) is 14.9. The van der Waals surface area contributed by atoms with Crippen molar-refractivity contribution >= 4 is 18.0 Å². The van der Waals surface area contributed by atoms with Gasteiger partial charge in [0.05, 0.1) is 0 Å². The number of phenols is 1. The van der Waals surface area contributed by atoms with Crippen molar-refractivity contribution in [3.8, 4) is 11.5 Å². The third-order valence-electron chi connectivity index (χ3n) is 2.91. The number of nitrogens with zero attached hydrogens (tertiary/aromatic N) is 1. The zero-order valence-corrected chi connectivity index (χ0v) is 10.3. The molecule has 2 aromatic carbocycles. The van der Waals surface area contributed by atoms with Crippen LogP contribution in [0.3, 0.4) is 0 Å². The summed E-state index contributed by atoms with van der Waals surface area (Å²) in [4.78, 5) is 4.28. The van der Waals surface area contributed by atoms with Crippen LogP contribution in [-0.2, 0) is 0 Å². The summed E-state index contributed by atoms with van der Waals surface area (Å²) >= 11 is 0. The molecule has 0 bridgehead atoms. The van der Waals surface area contributed by atoms with Crippen LogP contribution in [-0.4, -0.2) is 17.9 Å². The van der Waals surface area contributed by atoms with E-state index in [4.69, 9.17) is 4.74 Å². The van der Waals surface area contributed by atoms with E-state index < -0.39 is 0 Å². The molecule has 0 aliphatic carbocycles. The molecule has 0 atom stereocenters. The van der Waals surface area contributed by atoms with Crippen molar-refractivity contribution in [3.05, 3.63) is 59.7 Å². The summed E-state index contributed by atoms with van der Waals surface area (Å²) in [5, 5.41) is 9.63. The average Bonchev–Trinajstić information content (AvgIpc) is 2.46. The Morgan fingerprint density at radius 1 is 1.05 bits per heavy atom. The Hall–Kier alpha value is -2.55. The van der Waals surface area contributed by atoms with Gasteiger partial charge in [-0.1, -0.05) is 30.3 Å². The summed E-state index contributed by atoms with van der Waals surface area (Å²) in [6.45, 7) is 0.494. The summed E-state index contributed by atoms with van der Waals surface area (Å²) in [5.41, 5.74) is 2.58. The van der Waals surface area contributed by atoms with Gasteiger partial charge in [0.15, 0.2) is 0 Å². The van der Waals surface area contributed by atoms with Crippen LogP contribution < -0.4 is 4.74 Å². The zero-order valence-electron chi connectivity index (χ0n) is 10.3. The van der Waals surface area contributed by atoms with Crippen LogP contribution in [0.4, 0.5) is 5.69 Å². The highest BCUT2D eigenvalue weighted by Gasteiger charge is 2.08. The maximum atomic E-state index is 9.63. The van der Waals surface area contributed by atoms with Crippen molar-refractivity contribution in [2.45, 2.75) is 0 Å². The molecule has 0 spiro atoms. The maximum Gasteiger partial charge on any atom is 0.141 e. The minimum absolute atomic E-state index is 0.177. The molecule has 19 heavy (non-hydrogen) atoms. The molecule has 1 aliphatic heterocycles. The standard InChI is InChI=1S/C16H13NO2/c18-15-7-3-2-6-14(15)17-10-12-9-13-5-1-4-8-16(13)19-11-12/h1-10,18H,11H2. The molecule has 0 aromatic heterocycles. The number of hydrogen-bond acceptors (Lipinski definition) is 3. The highest BCUT2D eigenvalue weighted by Crippen LogP contribution is 2.27. The van der Waals surface area contributed by atoms with E-state index in [1.54, 1.807) is 24.4 Å². The normalized spacial score (nSPS) is 13.8. The SMILES string of the molecule is Oc1ccccc1N=CC1=Cc2ccccc2OC1. The number of hydrogen-bond donors (Lipinski definition) is 1. The van der Waals surface area contributed by atoms with Gasteiger partial charge in [0, 0.05) is 17.4 Å². The van der Waals surface area contributed by atoms with E-state index in [2.05, 4.69) is 4.99 Å². The summed E-state index contributed by atoms with van der Waals surface area (Å²) < 4.78 is 5.63. The summed E-state index contributed by atoms with van der Waals surface area (Å²) in [7, 11) is 0. The Balaban J connectivity index is 1.86. The maximum absolute atomic E-state index is 9.63. The lowest BCUT2D eigenvalue weighted by Crippen LogP contribution is -2.07. The first kappa shape index (κ1) is 11.5. The molecule has 0 fully saturated rings. The van der Waals surface area contributed by atoms with Gasteiger partial charge in [-0.15, -0.1) is 0 Å². The van der Waals surface area contributed by atoms with Crippen molar-refractivity contribution in [2.24, 2.45) is 4.99 Å². The summed E-state index contributed by atoms with van der Waals surface area (Å²) in [6.07, 6.45) is 3.77. The molecular formula is C16H13NO2. The third-order valence-corrected chi connectivity index (χ3v) is 2.91. The van der Waals surface area contributed by atoms with Crippen molar-refractivity contribution in [1.29, 1.82) is 0 Å². The number of ether oxygens (including phenoxy) is 1. The van der Waals surface area contributed by atoms with E-state index in [0.29, 0.717) is 12.3 Å². The monoisotopic (exact) mass is 251 g/mol. The number of aliphatic imine (C=N–C) groups is 1. The van der Waals surface area contributed by atoms with Gasteiger partial charge in [0.2, 0.25) is 0 Å². The quantitative estimate of drug-likeness (QED) is 0.829. The molecule has 0 amide bonds. The van der Waals surface area contributed by atoms with E-state index in [0.717, 1.165) is 16.9 Å². The predicted octanol–water partition coefficient (Wildman–Crippen LogP) is 3.57. The molecule has 94 valence electrons. The smallest absolute Gasteiger partial charge is 0.141 e. The minimum atomic E-state index is 0.177. The number of aromatic hydroxyl groups is 1. The molecular weight excluding hydrogens is 238 g/mol. The third kappa shape index (κ3) is 2.50. The van der Waals surface area contributed by atoms with Crippen LogP contribution in [0.2, 0.25) is 0 Å². The van der Waals surface area contributed by atoms with E-state index in [-0.39, 0.29) is 5.75 Å². The second kappa shape index (κ2) is 4.98. The molecule has 3 heteroatoms. The number of rotatable bonds is 2. The van der Waals surface area contributed by atoms with E-state index in [9.17, 15) is 5.11 Å². The van der Waals surface area contributed by atoms with Crippen molar-refractivity contribution < 1.29 is 9.84 Å². The summed E-state index contributed by atoms with van der Waals surface area (Å²) in [5.74, 6) is 1.07. The fourth-order valence-corrected chi connectivity index (χ4v) is 1.93. The lowest BCUT2D eigenvalue weighted by Gasteiger charge is -2.15. The Kier molecular flexibility index (Phi) is 3.02. The van der Waals surface area contributed by atoms with E-state index in [1.807, 2.05) is 36.4 Å². The number of para-hydroxylation sites is 3. The average molecular weight is 251 g/mol. The van der Waals surface area contributed by atoms with Crippen molar-refractivity contribution in [3.63, 3.8) is 0 Å². The Morgan fingerprint density at radius 3 is 2.74 bits per heavy atom. The Bertz CT molecular complexity index is 659. The first-order valence-electron chi connectivity index (χ1n) is 6.07. The molecule has 1 aliphatic rings. The van der Waals surface area contributed by atoms with Crippen LogP contribution in [0.25, 0.3) is 6.08 Å². The van der Waals surface area contributed by atoms with Gasteiger partial charge >= 0.3 is 0 Å². The van der Waals surface area contributed by atoms with Gasteiger partial charge < -0.3 is 9.84 Å². The highest BCUT2D eigenvalue weighted by atomic mass is 16.5. The minimum Gasteiger partial charge on any atom is -0.506 e. The molecule has 0 unspecified atom stereocenters. The van der Waals surface area contributed by atoms with Crippen LogP contribution in [0.5, 0.6) is 11.5 Å². The van der Waals surface area contributed by atoms with Crippen LogP contribution >= 0.6 is 0 Å². The number of fused-ring (bicyclic) bond motifs is 1. The van der Waals surface area contributed by atoms with Crippen LogP contribution in [0, 0.1) is 0 Å². The number of phenolic OH excluding ortho intramolecular Hbond substituents is 1. The predicted molar refractivity (Wildman–Crippen MR) is 76.2 cm³/mol. The van der Waals surface area contributed by atoms with E-state index >= 15 is 0 Å². The van der Waals surface area contributed by atoms with Gasteiger partial charge in [-0.05, 0) is 24.3 Å². The van der Waals surface area contributed by atoms with Crippen LogP contribution in [0.1, 0.15) is 5.56 Å². The molecule has 3 rings (SSSR count). The second-order valence-corrected chi connectivity index (χ2v) is 4.29. The Labute approximate surface area is 111 Å². The Morgan fingerprint density at radius 2 is 1.84 bits per heavy atom. The molecule has 1 heterocycles. The molecule has 0 radical (unpaired) electrons. The van der Waals surface area contributed by atoms with Crippen LogP contribution in [0.15, 0.2) is 59.1 Å². The topological polar surface area (TPSA) is 41.8 Å². The second-order valence-electron chi connectivity index (χ2n) is 4.29. The van der Waals surface area contributed by atoms with Crippen molar-refractivity contribution in [1.82, 2.24) is 0 Å². The van der Waals surface area contributed by atoms with Crippen molar-refractivity contribution in [2.75, 3.05) is 6.61 Å².